The maximum Gasteiger partial charge on any atom is 0.131 e. The van der Waals surface area contributed by atoms with Gasteiger partial charge < -0.3 is 22.4 Å². The zero-order valence-corrected chi connectivity index (χ0v) is 11.5. The summed E-state index contributed by atoms with van der Waals surface area (Å²) in [6.45, 7) is 8.30. The van der Waals surface area contributed by atoms with Crippen LogP contribution in [-0.2, 0) is 5.60 Å². The Bertz CT molecular complexity index is 448. The third-order valence-electron chi connectivity index (χ3n) is 4.40. The lowest BCUT2D eigenvalue weighted by molar-refractivity contribution is -0.0759. The van der Waals surface area contributed by atoms with Crippen molar-refractivity contribution < 1.29 is 17.5 Å². The average Bonchev–Trinajstić information content (AvgIpc) is 2.36. The predicted molar refractivity (Wildman–Crippen MR) is 68.5 cm³/mol. The highest BCUT2D eigenvalue weighted by molar-refractivity contribution is 5.36. The van der Waals surface area contributed by atoms with E-state index < -0.39 is 5.60 Å². The van der Waals surface area contributed by atoms with Crippen molar-refractivity contribution in [3.8, 4) is 0 Å². The van der Waals surface area contributed by atoms with Crippen LogP contribution in [-0.4, -0.2) is 23.1 Å². The van der Waals surface area contributed by atoms with Gasteiger partial charge in [0.05, 0.1) is 0 Å². The average molecular weight is 265 g/mol. The second-order valence-electron chi connectivity index (χ2n) is 5.34. The molecule has 3 aliphatic heterocycles. The van der Waals surface area contributed by atoms with Crippen molar-refractivity contribution in [3.05, 3.63) is 47.7 Å². The number of halogens is 1. The van der Waals surface area contributed by atoms with Gasteiger partial charge in [0.2, 0.25) is 0 Å². The molecule has 1 aromatic rings. The smallest absolute Gasteiger partial charge is 0.131 e. The molecule has 3 fully saturated rings. The molecule has 4 rings (SSSR count). The SMILES string of the molecule is C=C1N2CCC(CC2)C1(O)c1ccc(C)cc1.[Cl-]. The molecule has 2 nitrogen and oxygen atoms in total. The number of nitrogens with zero attached hydrogens (tertiary/aromatic N) is 1. The van der Waals surface area contributed by atoms with Gasteiger partial charge in [0, 0.05) is 24.7 Å². The van der Waals surface area contributed by atoms with Crippen molar-refractivity contribution in [2.75, 3.05) is 13.1 Å². The highest BCUT2D eigenvalue weighted by atomic mass is 35.5. The van der Waals surface area contributed by atoms with Gasteiger partial charge in [-0.15, -0.1) is 0 Å². The molecule has 0 saturated carbocycles. The number of rotatable bonds is 1. The van der Waals surface area contributed by atoms with E-state index in [1.165, 1.54) is 5.56 Å². The number of hydrogen-bond acceptors (Lipinski definition) is 2. The molecule has 0 amide bonds. The van der Waals surface area contributed by atoms with Crippen LogP contribution in [0.4, 0.5) is 0 Å². The number of aliphatic hydroxyl groups is 1. The van der Waals surface area contributed by atoms with Gasteiger partial charge in [-0.2, -0.15) is 0 Å². The minimum atomic E-state index is -0.829. The molecule has 0 aromatic heterocycles. The molecule has 1 N–H and O–H groups in total. The number of benzene rings is 1. The van der Waals surface area contributed by atoms with Gasteiger partial charge in [-0.1, -0.05) is 36.4 Å². The summed E-state index contributed by atoms with van der Waals surface area (Å²) >= 11 is 0. The third kappa shape index (κ3) is 1.75. The zero-order chi connectivity index (χ0) is 12.0. The fraction of sp³-hybridized carbons (Fsp3) is 0.467. The summed E-state index contributed by atoms with van der Waals surface area (Å²) in [7, 11) is 0. The standard InChI is InChI=1S/C15H19NO.ClH/c1-11-3-5-13(6-4-11)15(17)12(2)16-9-7-14(15)8-10-16;/h3-6,14,17H,2,7-10H2,1H3;1H/p-1. The van der Waals surface area contributed by atoms with E-state index >= 15 is 0 Å². The van der Waals surface area contributed by atoms with E-state index in [4.69, 9.17) is 0 Å². The Hall–Kier alpha value is -0.990. The first-order valence-corrected chi connectivity index (χ1v) is 6.36. The minimum absolute atomic E-state index is 0. The Morgan fingerprint density at radius 2 is 1.78 bits per heavy atom. The Labute approximate surface area is 115 Å². The maximum atomic E-state index is 11.1. The van der Waals surface area contributed by atoms with E-state index in [0.29, 0.717) is 5.92 Å². The summed E-state index contributed by atoms with van der Waals surface area (Å²) in [6, 6.07) is 8.22. The Morgan fingerprint density at radius 1 is 1.22 bits per heavy atom. The summed E-state index contributed by atoms with van der Waals surface area (Å²) in [5, 5.41) is 11.1. The molecule has 1 atom stereocenters. The quantitative estimate of drug-likeness (QED) is 0.734. The summed E-state index contributed by atoms with van der Waals surface area (Å²) in [4.78, 5) is 2.24. The van der Waals surface area contributed by atoms with Crippen LogP contribution in [0.5, 0.6) is 0 Å². The van der Waals surface area contributed by atoms with Gasteiger partial charge in [-0.05, 0) is 25.3 Å². The van der Waals surface area contributed by atoms with Crippen molar-refractivity contribution in [3.63, 3.8) is 0 Å². The number of piperidine rings is 3. The van der Waals surface area contributed by atoms with E-state index in [-0.39, 0.29) is 12.4 Å². The van der Waals surface area contributed by atoms with Gasteiger partial charge in [0.25, 0.3) is 0 Å². The van der Waals surface area contributed by atoms with Gasteiger partial charge in [0.15, 0.2) is 0 Å². The van der Waals surface area contributed by atoms with E-state index in [1.807, 2.05) is 12.1 Å². The van der Waals surface area contributed by atoms with Gasteiger partial charge in [-0.3, -0.25) is 0 Å². The fourth-order valence-corrected chi connectivity index (χ4v) is 3.25. The summed E-state index contributed by atoms with van der Waals surface area (Å²) < 4.78 is 0. The number of fused-ring (bicyclic) bond motifs is 3. The molecule has 0 aliphatic carbocycles. The van der Waals surface area contributed by atoms with E-state index in [2.05, 4.69) is 30.5 Å². The minimum Gasteiger partial charge on any atom is -1.00 e. The van der Waals surface area contributed by atoms with Gasteiger partial charge >= 0.3 is 0 Å². The summed E-state index contributed by atoms with van der Waals surface area (Å²) in [6.07, 6.45) is 2.15. The van der Waals surface area contributed by atoms with E-state index in [9.17, 15) is 5.11 Å². The van der Waals surface area contributed by atoms with E-state index in [1.54, 1.807) is 0 Å². The highest BCUT2D eigenvalue weighted by Gasteiger charge is 2.49. The van der Waals surface area contributed by atoms with Crippen molar-refractivity contribution in [1.29, 1.82) is 0 Å². The lowest BCUT2D eigenvalue weighted by Gasteiger charge is -2.53. The second kappa shape index (κ2) is 4.60. The first-order chi connectivity index (χ1) is 8.12. The molecule has 1 aromatic carbocycles. The van der Waals surface area contributed by atoms with Crippen molar-refractivity contribution >= 4 is 0 Å². The summed E-state index contributed by atoms with van der Waals surface area (Å²) in [5.74, 6) is 0.336. The van der Waals surface area contributed by atoms with Crippen molar-refractivity contribution in [2.24, 2.45) is 5.92 Å². The Morgan fingerprint density at radius 3 is 2.28 bits per heavy atom. The number of aryl methyl sites for hydroxylation is 1. The summed E-state index contributed by atoms with van der Waals surface area (Å²) in [5.41, 5.74) is 2.29. The molecule has 0 radical (unpaired) electrons. The first kappa shape index (κ1) is 13.4. The molecule has 18 heavy (non-hydrogen) atoms. The lowest BCUT2D eigenvalue weighted by atomic mass is 9.69. The van der Waals surface area contributed by atoms with E-state index in [0.717, 1.165) is 37.2 Å². The molecule has 2 bridgehead atoms. The Balaban J connectivity index is 0.00000120. The third-order valence-corrected chi connectivity index (χ3v) is 4.40. The molecule has 1 unspecified atom stereocenters. The van der Waals surface area contributed by atoms with Crippen LogP contribution in [0.15, 0.2) is 36.5 Å². The molecular weight excluding hydrogens is 246 g/mol. The van der Waals surface area contributed by atoms with Crippen molar-refractivity contribution in [1.82, 2.24) is 4.90 Å². The number of hydrogen-bond donors (Lipinski definition) is 1. The molecular formula is C15H19ClNO-. The monoisotopic (exact) mass is 264 g/mol. The lowest BCUT2D eigenvalue weighted by Crippen LogP contribution is -3.00. The molecule has 3 aliphatic rings. The van der Waals surface area contributed by atoms with Gasteiger partial charge in [-0.25, -0.2) is 0 Å². The molecule has 98 valence electrons. The Kier molecular flexibility index (Phi) is 3.43. The molecule has 3 heterocycles. The molecule has 0 spiro atoms. The van der Waals surface area contributed by atoms with Crippen LogP contribution in [0.25, 0.3) is 0 Å². The largest absolute Gasteiger partial charge is 1.00 e. The normalized spacial score (nSPS) is 30.2. The van der Waals surface area contributed by atoms with Crippen LogP contribution in [0.1, 0.15) is 24.0 Å². The second-order valence-corrected chi connectivity index (χ2v) is 5.34. The van der Waals surface area contributed by atoms with Gasteiger partial charge in [0.1, 0.15) is 5.60 Å². The van der Waals surface area contributed by atoms with Crippen molar-refractivity contribution in [2.45, 2.75) is 25.4 Å². The predicted octanol–water partition coefficient (Wildman–Crippen LogP) is -0.574. The fourth-order valence-electron chi connectivity index (χ4n) is 3.25. The van der Waals surface area contributed by atoms with Crippen LogP contribution in [0, 0.1) is 12.8 Å². The van der Waals surface area contributed by atoms with Crippen LogP contribution in [0.2, 0.25) is 0 Å². The van der Waals surface area contributed by atoms with Crippen LogP contribution in [0.3, 0.4) is 0 Å². The zero-order valence-electron chi connectivity index (χ0n) is 10.7. The molecule has 3 saturated heterocycles. The maximum absolute atomic E-state index is 11.1. The van der Waals surface area contributed by atoms with Crippen LogP contribution < -0.4 is 12.4 Å². The highest BCUT2D eigenvalue weighted by Crippen LogP contribution is 2.48. The first-order valence-electron chi connectivity index (χ1n) is 6.36. The van der Waals surface area contributed by atoms with Crippen LogP contribution >= 0.6 is 0 Å². The topological polar surface area (TPSA) is 23.5 Å². The molecule has 3 heteroatoms.